The van der Waals surface area contributed by atoms with Gasteiger partial charge in [-0.25, -0.2) is 0 Å². The maximum absolute atomic E-state index is 12.2. The van der Waals surface area contributed by atoms with E-state index in [1.165, 1.54) is 11.8 Å². The Hall–Kier alpha value is -3.16. The van der Waals surface area contributed by atoms with Gasteiger partial charge >= 0.3 is 0 Å². The maximum Gasteiger partial charge on any atom is 0.252 e. The molecule has 3 N–H and O–H groups in total. The third kappa shape index (κ3) is 3.49. The lowest BCUT2D eigenvalue weighted by Crippen LogP contribution is -2.24. The summed E-state index contributed by atoms with van der Waals surface area (Å²) in [5.74, 6) is 1.04. The molecule has 0 bridgehead atoms. The van der Waals surface area contributed by atoms with Gasteiger partial charge in [-0.1, -0.05) is 6.07 Å². The second kappa shape index (κ2) is 7.46. The van der Waals surface area contributed by atoms with Gasteiger partial charge in [0.15, 0.2) is 11.5 Å². The number of nitrogens with zero attached hydrogens (tertiary/aromatic N) is 1. The Morgan fingerprint density at radius 2 is 2.18 bits per heavy atom. The molecule has 28 heavy (non-hydrogen) atoms. The molecule has 1 aliphatic heterocycles. The number of pyridine rings is 1. The van der Waals surface area contributed by atoms with Crippen LogP contribution in [0.15, 0.2) is 33.3 Å². The van der Waals surface area contributed by atoms with E-state index in [0.717, 1.165) is 23.0 Å². The van der Waals surface area contributed by atoms with Crippen molar-refractivity contribution in [1.82, 2.24) is 10.3 Å². The number of thiophene rings is 1. The summed E-state index contributed by atoms with van der Waals surface area (Å²) in [5.41, 5.74) is 0.935. The Kier molecular flexibility index (Phi) is 4.85. The maximum atomic E-state index is 12.2. The number of ether oxygens (including phenoxy) is 2. The molecule has 0 unspecified atom stereocenters. The molecule has 0 saturated heterocycles. The fourth-order valence-electron chi connectivity index (χ4n) is 2.70. The summed E-state index contributed by atoms with van der Waals surface area (Å²) in [6.45, 7) is 0.528. The Morgan fingerprint density at radius 1 is 1.36 bits per heavy atom. The Bertz CT molecular complexity index is 1180. The van der Waals surface area contributed by atoms with Crippen LogP contribution in [0.2, 0.25) is 0 Å². The van der Waals surface area contributed by atoms with Crippen molar-refractivity contribution < 1.29 is 19.4 Å². The number of carbonyl (C=O) groups is 1. The number of benzene rings is 1. The van der Waals surface area contributed by atoms with E-state index in [9.17, 15) is 20.0 Å². The predicted molar refractivity (Wildman–Crippen MR) is 104 cm³/mol. The minimum absolute atomic E-state index is 0.0943. The van der Waals surface area contributed by atoms with Gasteiger partial charge in [0.05, 0.1) is 20.2 Å². The molecule has 3 aromatic rings. The van der Waals surface area contributed by atoms with E-state index in [1.807, 2.05) is 18.2 Å². The summed E-state index contributed by atoms with van der Waals surface area (Å²) >= 11 is 2.35. The zero-order chi connectivity index (χ0) is 19.7. The lowest BCUT2D eigenvalue weighted by Gasteiger charge is -2.06. The highest BCUT2D eigenvalue weighted by Crippen LogP contribution is 2.39. The van der Waals surface area contributed by atoms with Crippen molar-refractivity contribution in [3.05, 3.63) is 45.7 Å². The van der Waals surface area contributed by atoms with Gasteiger partial charge in [-0.2, -0.15) is 5.26 Å². The fourth-order valence-corrected chi connectivity index (χ4v) is 4.87. The summed E-state index contributed by atoms with van der Waals surface area (Å²) < 4.78 is 11.5. The number of aromatic amines is 1. The van der Waals surface area contributed by atoms with Crippen LogP contribution in [-0.4, -0.2) is 28.5 Å². The first-order valence-electron chi connectivity index (χ1n) is 8.12. The van der Waals surface area contributed by atoms with Crippen LogP contribution in [0.25, 0.3) is 10.2 Å². The van der Waals surface area contributed by atoms with Crippen LogP contribution in [0, 0.1) is 11.3 Å². The highest BCUT2D eigenvalue weighted by molar-refractivity contribution is 8.02. The number of hydrogen-bond donors (Lipinski definition) is 3. The summed E-state index contributed by atoms with van der Waals surface area (Å²) in [6.07, 6.45) is 0. The van der Waals surface area contributed by atoms with E-state index < -0.39 is 5.56 Å². The van der Waals surface area contributed by atoms with Gasteiger partial charge in [-0.3, -0.25) is 9.59 Å². The first-order chi connectivity index (χ1) is 13.5. The van der Waals surface area contributed by atoms with E-state index >= 15 is 0 Å². The number of rotatable bonds is 5. The Morgan fingerprint density at radius 3 is 3.00 bits per heavy atom. The number of amides is 1. The molecular formula is C18H13N3O5S2. The molecule has 0 saturated carbocycles. The molecule has 0 spiro atoms. The molecule has 0 fully saturated rings. The van der Waals surface area contributed by atoms with Crippen LogP contribution in [0.4, 0.5) is 0 Å². The largest absolute Gasteiger partial charge is 0.506 e. The average molecular weight is 415 g/mol. The van der Waals surface area contributed by atoms with Crippen molar-refractivity contribution in [3.63, 3.8) is 0 Å². The second-order valence-electron chi connectivity index (χ2n) is 5.85. The SMILES string of the molecule is N#Cc1c(SCC(=O)NCc2ccc3c(c2)OCO3)sc2c(O)cc(=O)[nH]c12. The van der Waals surface area contributed by atoms with Crippen molar-refractivity contribution >= 4 is 39.2 Å². The minimum Gasteiger partial charge on any atom is -0.506 e. The number of aromatic nitrogens is 1. The van der Waals surface area contributed by atoms with Crippen LogP contribution < -0.4 is 20.3 Å². The van der Waals surface area contributed by atoms with E-state index in [2.05, 4.69) is 10.3 Å². The number of nitrogens with one attached hydrogen (secondary N) is 2. The van der Waals surface area contributed by atoms with Crippen LogP contribution in [0.3, 0.4) is 0 Å². The van der Waals surface area contributed by atoms with E-state index in [-0.39, 0.29) is 29.8 Å². The lowest BCUT2D eigenvalue weighted by atomic mass is 10.2. The number of H-pyrrole nitrogens is 1. The Labute approximate surface area is 166 Å². The van der Waals surface area contributed by atoms with Gasteiger partial charge < -0.3 is 24.9 Å². The molecular weight excluding hydrogens is 402 g/mol. The fraction of sp³-hybridized carbons (Fsp3) is 0.167. The highest BCUT2D eigenvalue weighted by Gasteiger charge is 2.18. The minimum atomic E-state index is -0.489. The van der Waals surface area contributed by atoms with Crippen LogP contribution in [0.5, 0.6) is 17.2 Å². The first-order valence-corrected chi connectivity index (χ1v) is 9.92. The molecule has 1 amide bonds. The molecule has 10 heteroatoms. The zero-order valence-corrected chi connectivity index (χ0v) is 15.9. The number of aromatic hydroxyl groups is 1. The summed E-state index contributed by atoms with van der Waals surface area (Å²) in [6, 6.07) is 8.55. The number of nitriles is 1. The molecule has 3 heterocycles. The zero-order valence-electron chi connectivity index (χ0n) is 14.3. The van der Waals surface area contributed by atoms with Gasteiger partial charge in [-0.05, 0) is 17.7 Å². The molecule has 2 aromatic heterocycles. The van der Waals surface area contributed by atoms with Gasteiger partial charge in [0.25, 0.3) is 5.56 Å². The van der Waals surface area contributed by atoms with E-state index in [1.54, 1.807) is 6.07 Å². The molecule has 1 aliphatic rings. The van der Waals surface area contributed by atoms with Crippen molar-refractivity contribution in [1.29, 1.82) is 5.26 Å². The number of thioether (sulfide) groups is 1. The van der Waals surface area contributed by atoms with E-state index in [4.69, 9.17) is 9.47 Å². The van der Waals surface area contributed by atoms with Gasteiger partial charge in [0.1, 0.15) is 17.4 Å². The number of carbonyl (C=O) groups excluding carboxylic acids is 1. The van der Waals surface area contributed by atoms with Gasteiger partial charge in [0.2, 0.25) is 12.7 Å². The normalized spacial score (nSPS) is 12.1. The molecule has 142 valence electrons. The second-order valence-corrected chi connectivity index (χ2v) is 8.12. The summed E-state index contributed by atoms with van der Waals surface area (Å²) in [5, 5.41) is 22.1. The first kappa shape index (κ1) is 18.2. The Balaban J connectivity index is 1.41. The monoisotopic (exact) mass is 415 g/mol. The van der Waals surface area contributed by atoms with Crippen molar-refractivity contribution in [2.45, 2.75) is 10.8 Å². The van der Waals surface area contributed by atoms with Gasteiger partial charge in [-0.15, -0.1) is 23.1 Å². The smallest absolute Gasteiger partial charge is 0.252 e. The van der Waals surface area contributed by atoms with Crippen molar-refractivity contribution in [3.8, 4) is 23.3 Å². The van der Waals surface area contributed by atoms with Crippen LogP contribution >= 0.6 is 23.1 Å². The number of fused-ring (bicyclic) bond motifs is 2. The summed E-state index contributed by atoms with van der Waals surface area (Å²) in [4.78, 5) is 26.3. The quantitative estimate of drug-likeness (QED) is 0.546. The van der Waals surface area contributed by atoms with Crippen molar-refractivity contribution in [2.75, 3.05) is 12.5 Å². The van der Waals surface area contributed by atoms with E-state index in [0.29, 0.717) is 32.5 Å². The van der Waals surface area contributed by atoms with Crippen LogP contribution in [-0.2, 0) is 11.3 Å². The standard InChI is InChI=1S/C18H13N3O5S2/c19-5-10-16-17(11(22)4-14(23)21-16)28-18(10)27-7-15(24)20-6-9-1-2-12-13(3-9)26-8-25-12/h1-4H,6-8H2,(H,20,24)(H2,21,22,23). The van der Waals surface area contributed by atoms with Gasteiger partial charge in [0, 0.05) is 12.6 Å². The molecule has 0 atom stereocenters. The molecule has 0 aliphatic carbocycles. The molecule has 4 rings (SSSR count). The topological polar surface area (TPSA) is 124 Å². The third-order valence-electron chi connectivity index (χ3n) is 4.00. The van der Waals surface area contributed by atoms with Crippen molar-refractivity contribution in [2.24, 2.45) is 0 Å². The lowest BCUT2D eigenvalue weighted by molar-refractivity contribution is -0.118. The van der Waals surface area contributed by atoms with Crippen LogP contribution in [0.1, 0.15) is 11.1 Å². The highest BCUT2D eigenvalue weighted by atomic mass is 32.2. The molecule has 0 radical (unpaired) electrons. The third-order valence-corrected chi connectivity index (χ3v) is 6.48. The number of hydrogen-bond acceptors (Lipinski definition) is 8. The predicted octanol–water partition coefficient (Wildman–Crippen LogP) is 2.30. The summed E-state index contributed by atoms with van der Waals surface area (Å²) in [7, 11) is 0. The average Bonchev–Trinajstić information content (AvgIpc) is 3.28. The molecule has 1 aromatic carbocycles. The molecule has 8 nitrogen and oxygen atoms in total.